The number of hydrogen-bond donors (Lipinski definition) is 2. The zero-order chi connectivity index (χ0) is 66.5. The van der Waals surface area contributed by atoms with Gasteiger partial charge in [-0.1, -0.05) is 227 Å². The van der Waals surface area contributed by atoms with Gasteiger partial charge in [-0.25, -0.2) is 13.8 Å². The number of allylic oxidation sites excluding steroid dienone is 2. The molecule has 2 aliphatic carbocycles. The number of thiophene rings is 1. The number of aromatic nitrogens is 3. The fourth-order valence-electron chi connectivity index (χ4n) is 11.0. The van der Waals surface area contributed by atoms with Crippen LogP contribution >= 0.6 is 22.9 Å². The summed E-state index contributed by atoms with van der Waals surface area (Å²) in [6, 6.07) is 28.2. The normalized spacial score (nSPS) is 13.9. The molecule has 0 radical (unpaired) electrons. The molecule has 3 aromatic heterocycles. The zero-order valence-electron chi connectivity index (χ0n) is 57.9. The van der Waals surface area contributed by atoms with Gasteiger partial charge < -0.3 is 9.97 Å². The molecular weight excluding hydrogens is 1150 g/mol. The second kappa shape index (κ2) is 44.5. The maximum Gasteiger partial charge on any atom is 0.416 e. The average molecular weight is 1270 g/mol. The number of halogens is 6. The summed E-state index contributed by atoms with van der Waals surface area (Å²) >= 11 is 7.71. The molecule has 2 aliphatic rings. The van der Waals surface area contributed by atoms with Crippen LogP contribution in [-0.4, -0.2) is 15.0 Å². The Morgan fingerprint density at radius 2 is 1.07 bits per heavy atom. The number of nitrogens with one attached hydrogen (secondary N) is 2. The van der Waals surface area contributed by atoms with Crippen LogP contribution in [0.4, 0.5) is 22.0 Å². The van der Waals surface area contributed by atoms with Crippen molar-refractivity contribution >= 4 is 33.8 Å². The quantitative estimate of drug-likeness (QED) is 0.0735. The maximum absolute atomic E-state index is 13.1. The molecule has 9 rings (SSSR count). The van der Waals surface area contributed by atoms with Gasteiger partial charge in [0.25, 0.3) is 0 Å². The second-order valence-electron chi connectivity index (χ2n) is 27.9. The Balaban J connectivity index is 0.000000348. The van der Waals surface area contributed by atoms with Crippen LogP contribution < -0.4 is 0 Å². The van der Waals surface area contributed by atoms with Gasteiger partial charge in [-0.15, -0.1) is 11.3 Å². The van der Waals surface area contributed by atoms with Gasteiger partial charge in [0.15, 0.2) is 0 Å². The van der Waals surface area contributed by atoms with E-state index in [9.17, 15) is 22.0 Å². The molecule has 89 heavy (non-hydrogen) atoms. The lowest BCUT2D eigenvalue weighted by molar-refractivity contribution is -0.138. The summed E-state index contributed by atoms with van der Waals surface area (Å²) in [4.78, 5) is 11.8. The summed E-state index contributed by atoms with van der Waals surface area (Å²) < 4.78 is 63.6. The Hall–Kier alpha value is -4.99. The first-order chi connectivity index (χ1) is 42.0. The number of aromatic amines is 2. The Kier molecular flexibility index (Phi) is 40.1. The number of rotatable bonds is 16. The van der Waals surface area contributed by atoms with Gasteiger partial charge in [0.05, 0.1) is 11.9 Å². The predicted octanol–water partition coefficient (Wildman–Crippen LogP) is 25.8. The second-order valence-corrected chi connectivity index (χ2v) is 29.3. The summed E-state index contributed by atoms with van der Waals surface area (Å²) in [5, 5.41) is 4.08. The Morgan fingerprint density at radius 1 is 0.528 bits per heavy atom. The van der Waals surface area contributed by atoms with Crippen molar-refractivity contribution in [1.29, 1.82) is 0 Å². The SMILES string of the molecule is CC(C)CC1CC=CCC1.CC(C)CC1CCCCC1.CC(C)Cc1c(F)cccc1Cl.CC(C)Cc1c[nH]c2ccccc12.CC(C)Cc1ccccc1C(F)(F)F.CC(C)Cc1ccccc1F.CC(C)Cc1cnc[nH]1.Cc1ccsc1CC(C)C. The summed E-state index contributed by atoms with van der Waals surface area (Å²) in [5.74, 6) is 7.00. The van der Waals surface area contributed by atoms with Crippen LogP contribution in [-0.2, 0) is 44.7 Å². The highest BCUT2D eigenvalue weighted by Crippen LogP contribution is 2.33. The molecule has 10 heteroatoms. The van der Waals surface area contributed by atoms with Gasteiger partial charge in [-0.05, 0) is 201 Å². The summed E-state index contributed by atoms with van der Waals surface area (Å²) in [5.41, 5.74) is 6.70. The van der Waals surface area contributed by atoms with Crippen LogP contribution in [0.15, 0.2) is 133 Å². The van der Waals surface area contributed by atoms with Crippen molar-refractivity contribution in [1.82, 2.24) is 15.0 Å². The van der Waals surface area contributed by atoms with Crippen molar-refractivity contribution in [3.63, 3.8) is 0 Å². The van der Waals surface area contributed by atoms with E-state index in [1.54, 1.807) is 41.5 Å². The highest BCUT2D eigenvalue weighted by molar-refractivity contribution is 7.10. The predicted molar refractivity (Wildman–Crippen MR) is 378 cm³/mol. The fraction of sp³-hybridized carbons (Fsp3) is 0.557. The molecule has 1 unspecified atom stereocenters. The van der Waals surface area contributed by atoms with Crippen molar-refractivity contribution in [3.05, 3.63) is 194 Å². The smallest absolute Gasteiger partial charge is 0.361 e. The lowest BCUT2D eigenvalue weighted by atomic mass is 9.84. The summed E-state index contributed by atoms with van der Waals surface area (Å²) in [6.45, 7) is 37.0. The third-order valence-corrected chi connectivity index (χ3v) is 16.4. The molecule has 3 heterocycles. The number of nitrogens with zero attached hydrogens (tertiary/aromatic N) is 1. The van der Waals surface area contributed by atoms with E-state index in [2.05, 4.69) is 159 Å². The van der Waals surface area contributed by atoms with Gasteiger partial charge in [0.1, 0.15) is 11.6 Å². The van der Waals surface area contributed by atoms with Gasteiger partial charge in [0, 0.05) is 44.5 Å². The molecule has 0 bridgehead atoms. The van der Waals surface area contributed by atoms with Gasteiger partial charge >= 0.3 is 6.18 Å². The Morgan fingerprint density at radius 3 is 1.58 bits per heavy atom. The van der Waals surface area contributed by atoms with Crippen molar-refractivity contribution in [2.75, 3.05) is 0 Å². The van der Waals surface area contributed by atoms with E-state index < -0.39 is 11.7 Å². The molecule has 1 saturated carbocycles. The van der Waals surface area contributed by atoms with Crippen LogP contribution in [0.2, 0.25) is 5.02 Å². The number of benzene rings is 4. The number of imidazole rings is 1. The standard InChI is InChI=1S/C12H15N.C11H13F3.C10H12ClF.C10H13F.C10H20.C10H18.C9H14S.C7H12N2/c1-9(2)7-10-8-13-12-6-4-3-5-11(10)12;1-8(2)7-9-5-3-4-6-10(9)11(12,13)14;1-7(2)6-8-9(11)4-3-5-10(8)12;1-8(2)7-9-5-3-4-6-10(9)11;2*1-9(2)8-10-6-4-3-5-7-10;1-7(2)6-9-8(3)4-5-10-9;1-6(2)3-7-4-8-5-9-7/h3-6,8-9,13H,7H2,1-2H3;3-6,8H,7H2,1-2H3;3-5,7H,6H2,1-2H3;3-6,8H,7H2,1-2H3;9-10H,3-8H2,1-2H3;3-4,9-10H,5-8H2,1-2H3;4-5,7H,6H2,1-3H3;4-6H,3H2,1-2H3,(H,8,9). The van der Waals surface area contributed by atoms with Crippen LogP contribution in [0, 0.1) is 77.7 Å². The van der Waals surface area contributed by atoms with E-state index in [-0.39, 0.29) is 17.6 Å². The van der Waals surface area contributed by atoms with Crippen LogP contribution in [0.1, 0.15) is 219 Å². The molecule has 0 amide bonds. The van der Waals surface area contributed by atoms with Crippen LogP contribution in [0.25, 0.3) is 10.9 Å². The lowest BCUT2D eigenvalue weighted by Crippen LogP contribution is -2.10. The molecule has 7 aromatic rings. The lowest BCUT2D eigenvalue weighted by Gasteiger charge is -2.22. The summed E-state index contributed by atoms with van der Waals surface area (Å²) in [6.07, 6.45) is 26.1. The van der Waals surface area contributed by atoms with E-state index in [0.29, 0.717) is 46.7 Å². The highest BCUT2D eigenvalue weighted by atomic mass is 35.5. The molecular formula is C79H117ClF5N3S. The first kappa shape index (κ1) is 80.1. The van der Waals surface area contributed by atoms with Crippen molar-refractivity contribution in [2.24, 2.45) is 59.2 Å². The van der Waals surface area contributed by atoms with E-state index in [4.69, 9.17) is 11.6 Å². The van der Waals surface area contributed by atoms with E-state index >= 15 is 0 Å². The zero-order valence-corrected chi connectivity index (χ0v) is 59.5. The molecule has 0 aliphatic heterocycles. The van der Waals surface area contributed by atoms with E-state index in [1.807, 2.05) is 57.4 Å². The molecule has 1 atom stereocenters. The fourth-order valence-corrected chi connectivity index (χ4v) is 12.4. The number of fused-ring (bicyclic) bond motifs is 1. The van der Waals surface area contributed by atoms with Crippen LogP contribution in [0.5, 0.6) is 0 Å². The van der Waals surface area contributed by atoms with Crippen LogP contribution in [0.3, 0.4) is 0 Å². The Labute approximate surface area is 547 Å². The topological polar surface area (TPSA) is 44.5 Å². The third kappa shape index (κ3) is 36.6. The van der Waals surface area contributed by atoms with Crippen molar-refractivity contribution in [3.8, 4) is 0 Å². The first-order valence-electron chi connectivity index (χ1n) is 33.6. The maximum atomic E-state index is 13.1. The third-order valence-electron chi connectivity index (χ3n) is 15.0. The van der Waals surface area contributed by atoms with Gasteiger partial charge in [-0.3, -0.25) is 0 Å². The molecule has 3 nitrogen and oxygen atoms in total. The Bertz CT molecular complexity index is 2880. The number of para-hydroxylation sites is 1. The summed E-state index contributed by atoms with van der Waals surface area (Å²) in [7, 11) is 0. The molecule has 496 valence electrons. The van der Waals surface area contributed by atoms with E-state index in [1.165, 1.54) is 117 Å². The minimum Gasteiger partial charge on any atom is -0.361 e. The monoisotopic (exact) mass is 1270 g/mol. The molecule has 1 fully saturated rings. The van der Waals surface area contributed by atoms with Gasteiger partial charge in [0.2, 0.25) is 0 Å². The first-order valence-corrected chi connectivity index (χ1v) is 34.8. The minimum atomic E-state index is -4.23. The number of H-pyrrole nitrogens is 2. The molecule has 2 N–H and O–H groups in total. The molecule has 4 aromatic carbocycles. The number of aryl methyl sites for hydroxylation is 1. The largest absolute Gasteiger partial charge is 0.416 e. The minimum absolute atomic E-state index is 0.0822. The number of alkyl halides is 3. The molecule has 0 spiro atoms. The average Bonchev–Trinajstić information content (AvgIpc) is 4.30. The van der Waals surface area contributed by atoms with Crippen molar-refractivity contribution < 1.29 is 22.0 Å². The number of hydrogen-bond acceptors (Lipinski definition) is 2. The highest BCUT2D eigenvalue weighted by Gasteiger charge is 2.32. The van der Waals surface area contributed by atoms with Crippen molar-refractivity contribution in [2.45, 2.75) is 227 Å². The molecule has 0 saturated heterocycles. The van der Waals surface area contributed by atoms with E-state index in [0.717, 1.165) is 66.4 Å². The van der Waals surface area contributed by atoms with Gasteiger partial charge in [-0.2, -0.15) is 13.2 Å².